The van der Waals surface area contributed by atoms with Crippen LogP contribution < -0.4 is 5.32 Å². The van der Waals surface area contributed by atoms with Gasteiger partial charge in [-0.25, -0.2) is 0 Å². The van der Waals surface area contributed by atoms with Crippen LogP contribution in [0, 0.1) is 5.92 Å². The highest BCUT2D eigenvalue weighted by atomic mass is 16.2. The lowest BCUT2D eigenvalue weighted by Crippen LogP contribution is -2.52. The first kappa shape index (κ1) is 13.8. The molecule has 1 aliphatic carbocycles. The lowest BCUT2D eigenvalue weighted by Gasteiger charge is -2.41. The van der Waals surface area contributed by atoms with Gasteiger partial charge >= 0.3 is 0 Å². The van der Waals surface area contributed by atoms with Crippen LogP contribution in [0.2, 0.25) is 0 Å². The summed E-state index contributed by atoms with van der Waals surface area (Å²) < 4.78 is 0. The molecule has 2 aliphatic rings. The summed E-state index contributed by atoms with van der Waals surface area (Å²) in [5.41, 5.74) is 0. The predicted octanol–water partition coefficient (Wildman–Crippen LogP) is 0.929. The molecule has 2 fully saturated rings. The number of nitrogens with zero attached hydrogens (tertiary/aromatic N) is 2. The molecule has 0 aromatic carbocycles. The monoisotopic (exact) mass is 253 g/mol. The fourth-order valence-corrected chi connectivity index (χ4v) is 3.40. The maximum absolute atomic E-state index is 11.3. The molecule has 0 unspecified atom stereocenters. The van der Waals surface area contributed by atoms with E-state index in [-0.39, 0.29) is 5.91 Å². The minimum Gasteiger partial charge on any atom is -0.340 e. The molecule has 0 aromatic heterocycles. The van der Waals surface area contributed by atoms with Crippen LogP contribution in [0.15, 0.2) is 0 Å². The smallest absolute Gasteiger partial charge is 0.219 e. The van der Waals surface area contributed by atoms with Gasteiger partial charge in [-0.2, -0.15) is 0 Å². The number of carbonyl (C=O) groups excluding carboxylic acids is 1. The van der Waals surface area contributed by atoms with Crippen molar-refractivity contribution in [3.8, 4) is 0 Å². The first-order valence-corrected chi connectivity index (χ1v) is 7.35. The predicted molar refractivity (Wildman–Crippen MR) is 73.5 cm³/mol. The number of hydrogen-bond donors (Lipinski definition) is 1. The largest absolute Gasteiger partial charge is 0.340 e. The Morgan fingerprint density at radius 2 is 1.72 bits per heavy atom. The SMILES string of the molecule is CNCC1CCC(N2CCN(C(C)=O)CC2)CC1. The van der Waals surface area contributed by atoms with E-state index in [9.17, 15) is 4.79 Å². The number of nitrogens with one attached hydrogen (secondary N) is 1. The van der Waals surface area contributed by atoms with Gasteiger partial charge in [-0.15, -0.1) is 0 Å². The molecule has 1 N–H and O–H groups in total. The molecule has 0 bridgehead atoms. The van der Waals surface area contributed by atoms with Crippen molar-refractivity contribution in [2.45, 2.75) is 38.6 Å². The van der Waals surface area contributed by atoms with Crippen LogP contribution >= 0.6 is 0 Å². The van der Waals surface area contributed by atoms with Crippen molar-refractivity contribution in [2.24, 2.45) is 5.92 Å². The third-order valence-electron chi connectivity index (χ3n) is 4.59. The second kappa shape index (κ2) is 6.53. The van der Waals surface area contributed by atoms with Gasteiger partial charge in [0.05, 0.1) is 0 Å². The molecule has 1 amide bonds. The van der Waals surface area contributed by atoms with E-state index in [0.29, 0.717) is 0 Å². The maximum Gasteiger partial charge on any atom is 0.219 e. The normalized spacial score (nSPS) is 30.4. The van der Waals surface area contributed by atoms with Crippen molar-refractivity contribution in [3.05, 3.63) is 0 Å². The molecule has 4 nitrogen and oxygen atoms in total. The average Bonchev–Trinajstić information content (AvgIpc) is 2.40. The Labute approximate surface area is 111 Å². The lowest BCUT2D eigenvalue weighted by atomic mass is 9.85. The van der Waals surface area contributed by atoms with E-state index in [0.717, 1.165) is 38.1 Å². The number of piperazine rings is 1. The van der Waals surface area contributed by atoms with Gasteiger partial charge in [0.1, 0.15) is 0 Å². The first-order chi connectivity index (χ1) is 8.70. The second-order valence-electron chi connectivity index (χ2n) is 5.77. The van der Waals surface area contributed by atoms with Crippen molar-refractivity contribution in [1.82, 2.24) is 15.1 Å². The van der Waals surface area contributed by atoms with E-state index in [1.54, 1.807) is 6.92 Å². The Balaban J connectivity index is 1.73. The summed E-state index contributed by atoms with van der Waals surface area (Å²) in [7, 11) is 2.05. The quantitative estimate of drug-likeness (QED) is 0.813. The summed E-state index contributed by atoms with van der Waals surface area (Å²) in [5.74, 6) is 1.11. The zero-order valence-corrected chi connectivity index (χ0v) is 11.8. The van der Waals surface area contributed by atoms with E-state index in [1.807, 2.05) is 11.9 Å². The number of hydrogen-bond acceptors (Lipinski definition) is 3. The fourth-order valence-electron chi connectivity index (χ4n) is 3.40. The van der Waals surface area contributed by atoms with Crippen LogP contribution in [0.4, 0.5) is 0 Å². The molecule has 1 saturated heterocycles. The molecular weight excluding hydrogens is 226 g/mol. The topological polar surface area (TPSA) is 35.6 Å². The van der Waals surface area contributed by atoms with E-state index in [2.05, 4.69) is 10.2 Å². The lowest BCUT2D eigenvalue weighted by molar-refractivity contribution is -0.131. The maximum atomic E-state index is 11.3. The van der Waals surface area contributed by atoms with E-state index in [4.69, 9.17) is 0 Å². The summed E-state index contributed by atoms with van der Waals surface area (Å²) in [6, 6.07) is 0.771. The average molecular weight is 253 g/mol. The summed E-state index contributed by atoms with van der Waals surface area (Å²) in [6.07, 6.45) is 5.40. The molecule has 1 heterocycles. The fraction of sp³-hybridized carbons (Fsp3) is 0.929. The van der Waals surface area contributed by atoms with E-state index >= 15 is 0 Å². The highest BCUT2D eigenvalue weighted by Gasteiger charge is 2.28. The van der Waals surface area contributed by atoms with Crippen molar-refractivity contribution in [3.63, 3.8) is 0 Å². The van der Waals surface area contributed by atoms with Crippen LogP contribution in [-0.2, 0) is 4.79 Å². The number of carbonyl (C=O) groups is 1. The van der Waals surface area contributed by atoms with Gasteiger partial charge in [0, 0.05) is 39.1 Å². The Hall–Kier alpha value is -0.610. The third-order valence-corrected chi connectivity index (χ3v) is 4.59. The summed E-state index contributed by atoms with van der Waals surface area (Å²) in [5, 5.41) is 3.29. The molecule has 104 valence electrons. The number of rotatable bonds is 3. The zero-order chi connectivity index (χ0) is 13.0. The molecule has 0 spiro atoms. The van der Waals surface area contributed by atoms with Gasteiger partial charge in [-0.3, -0.25) is 9.69 Å². The Morgan fingerprint density at radius 1 is 1.11 bits per heavy atom. The van der Waals surface area contributed by atoms with Crippen LogP contribution in [0.1, 0.15) is 32.6 Å². The zero-order valence-electron chi connectivity index (χ0n) is 11.8. The highest BCUT2D eigenvalue weighted by Crippen LogP contribution is 2.27. The van der Waals surface area contributed by atoms with Crippen molar-refractivity contribution in [2.75, 3.05) is 39.8 Å². The van der Waals surface area contributed by atoms with Crippen molar-refractivity contribution < 1.29 is 4.79 Å². The summed E-state index contributed by atoms with van der Waals surface area (Å²) in [6.45, 7) is 6.84. The Morgan fingerprint density at radius 3 is 2.22 bits per heavy atom. The van der Waals surface area contributed by atoms with Gasteiger partial charge in [0.15, 0.2) is 0 Å². The molecule has 1 aliphatic heterocycles. The van der Waals surface area contributed by atoms with Gasteiger partial charge in [0.25, 0.3) is 0 Å². The van der Waals surface area contributed by atoms with Crippen LogP contribution in [0.3, 0.4) is 0 Å². The molecule has 1 saturated carbocycles. The van der Waals surface area contributed by atoms with Gasteiger partial charge in [-0.05, 0) is 45.2 Å². The van der Waals surface area contributed by atoms with E-state index in [1.165, 1.54) is 32.2 Å². The Kier molecular flexibility index (Phi) is 5.01. The van der Waals surface area contributed by atoms with Gasteiger partial charge in [0.2, 0.25) is 5.91 Å². The van der Waals surface area contributed by atoms with Crippen LogP contribution in [0.25, 0.3) is 0 Å². The molecule has 4 heteroatoms. The van der Waals surface area contributed by atoms with Crippen molar-refractivity contribution >= 4 is 5.91 Å². The van der Waals surface area contributed by atoms with Gasteiger partial charge < -0.3 is 10.2 Å². The molecule has 0 atom stereocenters. The Bertz CT molecular complexity index is 266. The van der Waals surface area contributed by atoms with Crippen molar-refractivity contribution in [1.29, 1.82) is 0 Å². The van der Waals surface area contributed by atoms with E-state index < -0.39 is 0 Å². The minimum atomic E-state index is 0.229. The standard InChI is InChI=1S/C14H27N3O/c1-12(18)16-7-9-17(10-8-16)14-5-3-13(4-6-14)11-15-2/h13-15H,3-11H2,1-2H3. The molecule has 0 radical (unpaired) electrons. The summed E-state index contributed by atoms with van der Waals surface area (Å²) in [4.78, 5) is 15.9. The number of amides is 1. The molecular formula is C14H27N3O. The molecule has 18 heavy (non-hydrogen) atoms. The third kappa shape index (κ3) is 3.45. The van der Waals surface area contributed by atoms with Crippen LogP contribution in [0.5, 0.6) is 0 Å². The summed E-state index contributed by atoms with van der Waals surface area (Å²) >= 11 is 0. The van der Waals surface area contributed by atoms with Gasteiger partial charge in [-0.1, -0.05) is 0 Å². The molecule has 2 rings (SSSR count). The molecule has 0 aromatic rings. The van der Waals surface area contributed by atoms with Crippen LogP contribution in [-0.4, -0.2) is 61.5 Å². The highest BCUT2D eigenvalue weighted by molar-refractivity contribution is 5.73. The second-order valence-corrected chi connectivity index (χ2v) is 5.77. The minimum absolute atomic E-state index is 0.229. The first-order valence-electron chi connectivity index (χ1n) is 7.35.